The molecular formula is C19H22N2O4. The lowest BCUT2D eigenvalue weighted by molar-refractivity contribution is 0.0801. The monoisotopic (exact) mass is 342 g/mol. The maximum Gasteiger partial charge on any atom is 0.253 e. The zero-order valence-electron chi connectivity index (χ0n) is 14.3. The van der Waals surface area contributed by atoms with Gasteiger partial charge >= 0.3 is 0 Å². The van der Waals surface area contributed by atoms with Gasteiger partial charge in [0.25, 0.3) is 11.8 Å². The summed E-state index contributed by atoms with van der Waals surface area (Å²) in [6, 6.07) is 14.2. The third kappa shape index (κ3) is 4.65. The van der Waals surface area contributed by atoms with Crippen LogP contribution in [0.5, 0.6) is 0 Å². The summed E-state index contributed by atoms with van der Waals surface area (Å²) in [4.78, 5) is 25.8. The Morgan fingerprint density at radius 3 is 2.32 bits per heavy atom. The third-order valence-electron chi connectivity index (χ3n) is 3.73. The predicted molar refractivity (Wildman–Crippen MR) is 95.3 cm³/mol. The van der Waals surface area contributed by atoms with Crippen LogP contribution in [0.15, 0.2) is 48.5 Å². The molecule has 0 fully saturated rings. The fourth-order valence-corrected chi connectivity index (χ4v) is 2.34. The number of hydrogen-bond donors (Lipinski definition) is 3. The zero-order valence-corrected chi connectivity index (χ0v) is 14.3. The van der Waals surface area contributed by atoms with E-state index in [4.69, 9.17) is 5.11 Å². The van der Waals surface area contributed by atoms with E-state index in [0.717, 1.165) is 11.1 Å². The van der Waals surface area contributed by atoms with Crippen molar-refractivity contribution in [2.45, 2.75) is 6.10 Å². The molecule has 0 unspecified atom stereocenters. The molecule has 0 spiro atoms. The number of benzene rings is 2. The van der Waals surface area contributed by atoms with Crippen molar-refractivity contribution in [3.63, 3.8) is 0 Å². The number of aliphatic hydroxyl groups is 2. The summed E-state index contributed by atoms with van der Waals surface area (Å²) >= 11 is 0. The second-order valence-corrected chi connectivity index (χ2v) is 5.87. The van der Waals surface area contributed by atoms with Gasteiger partial charge in [0.05, 0.1) is 12.7 Å². The topological polar surface area (TPSA) is 89.9 Å². The summed E-state index contributed by atoms with van der Waals surface area (Å²) in [5.74, 6) is -0.424. The van der Waals surface area contributed by atoms with Crippen LogP contribution in [0, 0.1) is 0 Å². The van der Waals surface area contributed by atoms with E-state index in [2.05, 4.69) is 5.32 Å². The summed E-state index contributed by atoms with van der Waals surface area (Å²) in [5, 5.41) is 20.6. The van der Waals surface area contributed by atoms with Crippen molar-refractivity contribution < 1.29 is 19.8 Å². The highest BCUT2D eigenvalue weighted by Crippen LogP contribution is 2.25. The van der Waals surface area contributed by atoms with E-state index in [1.165, 1.54) is 4.90 Å². The molecule has 1 atom stereocenters. The van der Waals surface area contributed by atoms with Crippen LogP contribution in [-0.2, 0) is 0 Å². The number of nitrogens with zero attached hydrogens (tertiary/aromatic N) is 1. The van der Waals surface area contributed by atoms with Gasteiger partial charge in [-0.05, 0) is 29.3 Å². The Labute approximate surface area is 146 Å². The molecule has 0 radical (unpaired) electrons. The van der Waals surface area contributed by atoms with Gasteiger partial charge in [-0.3, -0.25) is 9.59 Å². The minimum Gasteiger partial charge on any atom is -0.394 e. The van der Waals surface area contributed by atoms with E-state index in [0.29, 0.717) is 11.1 Å². The number of rotatable bonds is 6. The lowest BCUT2D eigenvalue weighted by Crippen LogP contribution is -2.33. The zero-order chi connectivity index (χ0) is 18.4. The number of amides is 2. The first kappa shape index (κ1) is 18.6. The molecular weight excluding hydrogens is 320 g/mol. The average Bonchev–Trinajstić information content (AvgIpc) is 2.65. The van der Waals surface area contributed by atoms with Crippen LogP contribution in [-0.4, -0.2) is 60.3 Å². The SMILES string of the molecule is CN(C)C(=O)c1ccccc1-c1ccc(C(=O)NC[C@H](O)CO)cc1. The summed E-state index contributed by atoms with van der Waals surface area (Å²) in [6.07, 6.45) is -0.979. The van der Waals surface area contributed by atoms with Crippen molar-refractivity contribution in [3.8, 4) is 11.1 Å². The van der Waals surface area contributed by atoms with Crippen molar-refractivity contribution in [2.24, 2.45) is 0 Å². The van der Waals surface area contributed by atoms with Gasteiger partial charge in [-0.15, -0.1) is 0 Å². The lowest BCUT2D eigenvalue weighted by atomic mass is 9.98. The Morgan fingerprint density at radius 2 is 1.72 bits per heavy atom. The Balaban J connectivity index is 2.21. The van der Waals surface area contributed by atoms with Crippen LogP contribution in [0.25, 0.3) is 11.1 Å². The predicted octanol–water partition coefficient (Wildman–Crippen LogP) is 1.14. The van der Waals surface area contributed by atoms with Crippen molar-refractivity contribution in [2.75, 3.05) is 27.2 Å². The second kappa shape index (κ2) is 8.41. The molecule has 0 saturated heterocycles. The van der Waals surface area contributed by atoms with E-state index in [1.807, 2.05) is 18.2 Å². The Morgan fingerprint density at radius 1 is 1.08 bits per heavy atom. The Hall–Kier alpha value is -2.70. The first-order valence-corrected chi connectivity index (χ1v) is 7.92. The second-order valence-electron chi connectivity index (χ2n) is 5.87. The van der Waals surface area contributed by atoms with Crippen LogP contribution in [0.4, 0.5) is 0 Å². The standard InChI is InChI=1S/C19H22N2O4/c1-21(2)19(25)17-6-4-3-5-16(17)13-7-9-14(10-8-13)18(24)20-11-15(23)12-22/h3-10,15,22-23H,11-12H2,1-2H3,(H,20,24)/t15-/m0/s1. The maximum absolute atomic E-state index is 12.3. The highest BCUT2D eigenvalue weighted by molar-refractivity contribution is 6.01. The molecule has 0 aliphatic rings. The molecule has 0 aliphatic heterocycles. The van der Waals surface area contributed by atoms with Gasteiger partial charge in [-0.25, -0.2) is 0 Å². The molecule has 3 N–H and O–H groups in total. The number of carbonyl (C=O) groups excluding carboxylic acids is 2. The van der Waals surface area contributed by atoms with Gasteiger partial charge in [0.15, 0.2) is 0 Å². The van der Waals surface area contributed by atoms with Crippen molar-refractivity contribution in [1.29, 1.82) is 0 Å². The van der Waals surface area contributed by atoms with Crippen molar-refractivity contribution in [1.82, 2.24) is 10.2 Å². The van der Waals surface area contributed by atoms with Gasteiger partial charge in [0.1, 0.15) is 0 Å². The number of carbonyl (C=O) groups is 2. The summed E-state index contributed by atoms with van der Waals surface area (Å²) in [7, 11) is 3.40. The van der Waals surface area contributed by atoms with Gasteiger partial charge in [-0.2, -0.15) is 0 Å². The molecule has 132 valence electrons. The molecule has 0 heterocycles. The molecule has 2 amide bonds. The van der Waals surface area contributed by atoms with Crippen LogP contribution >= 0.6 is 0 Å². The molecule has 2 aromatic rings. The molecule has 2 rings (SSSR count). The first-order chi connectivity index (χ1) is 11.9. The van der Waals surface area contributed by atoms with Crippen molar-refractivity contribution >= 4 is 11.8 Å². The van der Waals surface area contributed by atoms with E-state index in [1.54, 1.807) is 44.4 Å². The smallest absolute Gasteiger partial charge is 0.253 e. The summed E-state index contributed by atoms with van der Waals surface area (Å²) in [5.41, 5.74) is 2.66. The van der Waals surface area contributed by atoms with Gasteiger partial charge < -0.3 is 20.4 Å². The Kier molecular flexibility index (Phi) is 6.27. The van der Waals surface area contributed by atoms with Crippen LogP contribution < -0.4 is 5.32 Å². The number of nitrogens with one attached hydrogen (secondary N) is 1. The first-order valence-electron chi connectivity index (χ1n) is 7.92. The molecule has 6 heteroatoms. The van der Waals surface area contributed by atoms with E-state index < -0.39 is 12.7 Å². The minimum atomic E-state index is -0.979. The molecule has 6 nitrogen and oxygen atoms in total. The molecule has 25 heavy (non-hydrogen) atoms. The lowest BCUT2D eigenvalue weighted by Gasteiger charge is -2.14. The third-order valence-corrected chi connectivity index (χ3v) is 3.73. The highest BCUT2D eigenvalue weighted by Gasteiger charge is 2.14. The maximum atomic E-state index is 12.3. The average molecular weight is 342 g/mol. The summed E-state index contributed by atoms with van der Waals surface area (Å²) in [6.45, 7) is -0.423. The highest BCUT2D eigenvalue weighted by atomic mass is 16.3. The van der Waals surface area contributed by atoms with E-state index >= 15 is 0 Å². The van der Waals surface area contributed by atoms with E-state index in [-0.39, 0.29) is 18.4 Å². The number of aliphatic hydroxyl groups excluding tert-OH is 2. The number of hydrogen-bond acceptors (Lipinski definition) is 4. The quantitative estimate of drug-likeness (QED) is 0.734. The molecule has 0 saturated carbocycles. The van der Waals surface area contributed by atoms with Crippen LogP contribution in [0.3, 0.4) is 0 Å². The van der Waals surface area contributed by atoms with Crippen molar-refractivity contribution in [3.05, 3.63) is 59.7 Å². The minimum absolute atomic E-state index is 0.0166. The molecule has 0 aromatic heterocycles. The van der Waals surface area contributed by atoms with E-state index in [9.17, 15) is 14.7 Å². The molecule has 2 aromatic carbocycles. The van der Waals surface area contributed by atoms with Gasteiger partial charge in [-0.1, -0.05) is 30.3 Å². The van der Waals surface area contributed by atoms with Crippen LogP contribution in [0.1, 0.15) is 20.7 Å². The molecule has 0 aliphatic carbocycles. The fourth-order valence-electron chi connectivity index (χ4n) is 2.34. The van der Waals surface area contributed by atoms with Crippen LogP contribution in [0.2, 0.25) is 0 Å². The fraction of sp³-hybridized carbons (Fsp3) is 0.263. The van der Waals surface area contributed by atoms with Gasteiger partial charge in [0, 0.05) is 31.8 Å². The Bertz CT molecular complexity index is 741. The normalized spacial score (nSPS) is 11.7. The summed E-state index contributed by atoms with van der Waals surface area (Å²) < 4.78 is 0. The molecule has 0 bridgehead atoms. The largest absolute Gasteiger partial charge is 0.394 e. The van der Waals surface area contributed by atoms with Gasteiger partial charge in [0.2, 0.25) is 0 Å².